The van der Waals surface area contributed by atoms with Crippen LogP contribution in [0.5, 0.6) is 0 Å². The lowest BCUT2D eigenvalue weighted by Crippen LogP contribution is -2.43. The molecule has 164 valence electrons. The lowest BCUT2D eigenvalue weighted by Gasteiger charge is -2.29. The Morgan fingerprint density at radius 2 is 1.80 bits per heavy atom. The number of aryl methyl sites for hydroxylation is 1. The molecule has 30 heavy (non-hydrogen) atoms. The number of carbonyl (C=O) groups excluding carboxylic acids is 1. The Morgan fingerprint density at radius 1 is 1.13 bits per heavy atom. The molecule has 1 amide bonds. The molecule has 2 heterocycles. The van der Waals surface area contributed by atoms with Gasteiger partial charge in [-0.1, -0.05) is 26.8 Å². The smallest absolute Gasteiger partial charge is 0.330 e. The van der Waals surface area contributed by atoms with Crippen LogP contribution < -0.4 is 4.72 Å². The van der Waals surface area contributed by atoms with Crippen LogP contribution in [-0.4, -0.2) is 41.7 Å². The minimum atomic E-state index is -4.97. The van der Waals surface area contributed by atoms with Gasteiger partial charge >= 0.3 is 12.1 Å². The summed E-state index contributed by atoms with van der Waals surface area (Å²) in [7, 11) is -2.39. The van der Waals surface area contributed by atoms with Crippen LogP contribution in [0.4, 0.5) is 19.0 Å². The van der Waals surface area contributed by atoms with E-state index < -0.39 is 22.1 Å². The first-order valence-electron chi connectivity index (χ1n) is 9.24. The van der Waals surface area contributed by atoms with Crippen molar-refractivity contribution in [3.05, 3.63) is 41.1 Å². The predicted molar refractivity (Wildman–Crippen MR) is 104 cm³/mol. The van der Waals surface area contributed by atoms with Crippen molar-refractivity contribution < 1.29 is 26.4 Å². The van der Waals surface area contributed by atoms with E-state index in [0.29, 0.717) is 16.2 Å². The van der Waals surface area contributed by atoms with Gasteiger partial charge in [0, 0.05) is 31.6 Å². The fraction of sp³-hybridized carbons (Fsp3) is 0.474. The van der Waals surface area contributed by atoms with Crippen LogP contribution in [0.3, 0.4) is 0 Å². The highest BCUT2D eigenvalue weighted by Gasteiger charge is 2.43. The van der Waals surface area contributed by atoms with E-state index in [0.717, 1.165) is 5.56 Å². The molecule has 1 aliphatic rings. The van der Waals surface area contributed by atoms with E-state index in [1.165, 1.54) is 16.8 Å². The number of fused-ring (bicyclic) bond motifs is 1. The van der Waals surface area contributed by atoms with E-state index in [1.54, 1.807) is 19.2 Å². The third kappa shape index (κ3) is 4.45. The zero-order valence-electron chi connectivity index (χ0n) is 17.0. The Bertz CT molecular complexity index is 1090. The SMILES string of the molecule is Cn1nc(C(C)(C)C)cc1NS(=O)(=O)c1ccc2c(c1)CN(C(=O)C(F)(F)F)CC2. The largest absolute Gasteiger partial charge is 0.471 e. The molecule has 1 N–H and O–H groups in total. The summed E-state index contributed by atoms with van der Waals surface area (Å²) in [6.07, 6.45) is -4.74. The zero-order valence-corrected chi connectivity index (χ0v) is 17.9. The summed E-state index contributed by atoms with van der Waals surface area (Å²) in [6, 6.07) is 5.93. The number of rotatable bonds is 3. The van der Waals surface area contributed by atoms with Gasteiger partial charge < -0.3 is 4.90 Å². The molecular weight excluding hydrogens is 421 g/mol. The molecule has 0 fully saturated rings. The first kappa shape index (κ1) is 22.1. The van der Waals surface area contributed by atoms with Crippen molar-refractivity contribution in [1.82, 2.24) is 14.7 Å². The van der Waals surface area contributed by atoms with Gasteiger partial charge in [-0.05, 0) is 29.7 Å². The molecule has 0 radical (unpaired) electrons. The Hall–Kier alpha value is -2.56. The van der Waals surface area contributed by atoms with Crippen LogP contribution in [0, 0.1) is 0 Å². The molecule has 0 unspecified atom stereocenters. The maximum absolute atomic E-state index is 12.9. The molecule has 0 saturated carbocycles. The highest BCUT2D eigenvalue weighted by molar-refractivity contribution is 7.92. The number of nitrogens with one attached hydrogen (secondary N) is 1. The Kier molecular flexibility index (Phi) is 5.38. The number of carbonyl (C=O) groups is 1. The molecule has 3 rings (SSSR count). The number of nitrogens with zero attached hydrogens (tertiary/aromatic N) is 3. The van der Waals surface area contributed by atoms with Crippen molar-refractivity contribution in [1.29, 1.82) is 0 Å². The van der Waals surface area contributed by atoms with Crippen LogP contribution in [0.1, 0.15) is 37.6 Å². The number of hydrogen-bond donors (Lipinski definition) is 1. The van der Waals surface area contributed by atoms with Gasteiger partial charge in [0.25, 0.3) is 10.0 Å². The summed E-state index contributed by atoms with van der Waals surface area (Å²) >= 11 is 0. The van der Waals surface area contributed by atoms with E-state index in [9.17, 15) is 26.4 Å². The van der Waals surface area contributed by atoms with Crippen molar-refractivity contribution in [2.45, 2.75) is 50.2 Å². The second kappa shape index (κ2) is 7.29. The summed E-state index contributed by atoms with van der Waals surface area (Å²) in [4.78, 5) is 12.1. The standard InChI is InChI=1S/C19H23F3N4O3S/c1-18(2,3)15-10-16(25(4)23-15)24-30(28,29)14-6-5-12-7-8-26(11-13(12)9-14)17(27)19(20,21)22/h5-6,9-10,24H,7-8,11H2,1-4H3. The lowest BCUT2D eigenvalue weighted by atomic mass is 9.92. The van der Waals surface area contributed by atoms with E-state index in [2.05, 4.69) is 9.82 Å². The third-order valence-electron chi connectivity index (χ3n) is 4.92. The van der Waals surface area contributed by atoms with Gasteiger partial charge in [-0.3, -0.25) is 14.2 Å². The Morgan fingerprint density at radius 3 is 2.37 bits per heavy atom. The van der Waals surface area contributed by atoms with Crippen LogP contribution >= 0.6 is 0 Å². The number of alkyl halides is 3. The molecule has 0 bridgehead atoms. The summed E-state index contributed by atoms with van der Waals surface area (Å²) in [6.45, 7) is 5.48. The fourth-order valence-electron chi connectivity index (χ4n) is 3.18. The van der Waals surface area contributed by atoms with Crippen LogP contribution in [0.2, 0.25) is 0 Å². The van der Waals surface area contributed by atoms with Gasteiger partial charge in [0.15, 0.2) is 0 Å². The number of benzene rings is 1. The lowest BCUT2D eigenvalue weighted by molar-refractivity contribution is -0.186. The molecule has 7 nitrogen and oxygen atoms in total. The molecule has 1 aliphatic heterocycles. The highest BCUT2D eigenvalue weighted by atomic mass is 32.2. The summed E-state index contributed by atoms with van der Waals surface area (Å²) in [5.41, 5.74) is 1.52. The van der Waals surface area contributed by atoms with Gasteiger partial charge in [0.2, 0.25) is 0 Å². The van der Waals surface area contributed by atoms with Crippen molar-refractivity contribution in [2.75, 3.05) is 11.3 Å². The Labute approximate surface area is 172 Å². The number of hydrogen-bond acceptors (Lipinski definition) is 4. The molecular formula is C19H23F3N4O3S. The first-order valence-corrected chi connectivity index (χ1v) is 10.7. The van der Waals surface area contributed by atoms with Crippen LogP contribution in [0.15, 0.2) is 29.2 Å². The van der Waals surface area contributed by atoms with Crippen molar-refractivity contribution in [2.24, 2.45) is 7.05 Å². The third-order valence-corrected chi connectivity index (χ3v) is 6.27. The van der Waals surface area contributed by atoms with Gasteiger partial charge in [-0.25, -0.2) is 8.42 Å². The number of aromatic nitrogens is 2. The average molecular weight is 444 g/mol. The van der Waals surface area contributed by atoms with Crippen molar-refractivity contribution >= 4 is 21.7 Å². The number of sulfonamides is 1. The second-order valence-electron chi connectivity index (χ2n) is 8.30. The quantitative estimate of drug-likeness (QED) is 0.789. The topological polar surface area (TPSA) is 84.3 Å². The van der Waals surface area contributed by atoms with Crippen molar-refractivity contribution in [3.8, 4) is 0 Å². The molecule has 0 spiro atoms. The van der Waals surface area contributed by atoms with Crippen LogP contribution in [-0.2, 0) is 40.2 Å². The molecule has 2 aromatic rings. The number of anilines is 1. The van der Waals surface area contributed by atoms with Gasteiger partial charge in [-0.2, -0.15) is 18.3 Å². The van der Waals surface area contributed by atoms with E-state index in [1.807, 2.05) is 20.8 Å². The van der Waals surface area contributed by atoms with E-state index in [-0.39, 0.29) is 35.6 Å². The minimum Gasteiger partial charge on any atom is -0.330 e. The average Bonchev–Trinajstić information content (AvgIpc) is 2.99. The molecule has 0 saturated heterocycles. The molecule has 11 heteroatoms. The fourth-order valence-corrected chi connectivity index (χ4v) is 4.31. The monoisotopic (exact) mass is 444 g/mol. The van der Waals surface area contributed by atoms with Crippen molar-refractivity contribution in [3.63, 3.8) is 0 Å². The first-order chi connectivity index (χ1) is 13.7. The normalized spacial score (nSPS) is 15.1. The molecule has 0 aliphatic carbocycles. The van der Waals surface area contributed by atoms with E-state index in [4.69, 9.17) is 0 Å². The maximum Gasteiger partial charge on any atom is 0.471 e. The summed E-state index contributed by atoms with van der Waals surface area (Å²) < 4.78 is 67.8. The summed E-state index contributed by atoms with van der Waals surface area (Å²) in [5.74, 6) is -1.66. The highest BCUT2D eigenvalue weighted by Crippen LogP contribution is 2.28. The van der Waals surface area contributed by atoms with Gasteiger partial charge in [0.05, 0.1) is 10.6 Å². The van der Waals surface area contributed by atoms with Crippen LogP contribution in [0.25, 0.3) is 0 Å². The maximum atomic E-state index is 12.9. The number of amides is 1. The van der Waals surface area contributed by atoms with E-state index >= 15 is 0 Å². The zero-order chi connectivity index (χ0) is 22.5. The van der Waals surface area contributed by atoms with Gasteiger partial charge in [0.1, 0.15) is 5.82 Å². The molecule has 1 aromatic heterocycles. The predicted octanol–water partition coefficient (Wildman–Crippen LogP) is 2.97. The minimum absolute atomic E-state index is 0.0692. The second-order valence-corrected chi connectivity index (χ2v) is 9.98. The molecule has 1 aromatic carbocycles. The summed E-state index contributed by atoms with van der Waals surface area (Å²) in [5, 5.41) is 4.32. The Balaban J connectivity index is 1.87. The van der Waals surface area contributed by atoms with Gasteiger partial charge in [-0.15, -0.1) is 0 Å². The number of halogens is 3. The molecule has 0 atom stereocenters.